The van der Waals surface area contributed by atoms with Crippen LogP contribution in [0.15, 0.2) is 24.3 Å². The van der Waals surface area contributed by atoms with Crippen LogP contribution in [0.25, 0.3) is 0 Å². The van der Waals surface area contributed by atoms with E-state index in [1.165, 1.54) is 12.1 Å². The summed E-state index contributed by atoms with van der Waals surface area (Å²) in [4.78, 5) is 0. The number of alkyl halides is 3. The molecule has 1 aromatic rings. The normalized spacial score (nSPS) is 28.4. The number of halogens is 3. The van der Waals surface area contributed by atoms with Gasteiger partial charge >= 0.3 is 6.18 Å². The quantitative estimate of drug-likeness (QED) is 0.721. The molecule has 2 heterocycles. The molecule has 1 N–H and O–H groups in total. The largest absolute Gasteiger partial charge is 0.416 e. The molecule has 27 heavy (non-hydrogen) atoms. The summed E-state index contributed by atoms with van der Waals surface area (Å²) >= 11 is 0. The zero-order valence-electron chi connectivity index (χ0n) is 16.2. The van der Waals surface area contributed by atoms with E-state index in [1.54, 1.807) is 0 Å². The van der Waals surface area contributed by atoms with Crippen LogP contribution in [0.4, 0.5) is 13.2 Å². The highest BCUT2D eigenvalue weighted by molar-refractivity contribution is 5.33. The monoisotopic (exact) mass is 385 g/mol. The number of benzene rings is 1. The van der Waals surface area contributed by atoms with Crippen LogP contribution in [0.2, 0.25) is 0 Å². The van der Waals surface area contributed by atoms with Crippen LogP contribution in [0, 0.1) is 0 Å². The molecule has 3 rings (SSSR count). The highest BCUT2D eigenvalue weighted by Crippen LogP contribution is 2.45. The highest BCUT2D eigenvalue weighted by atomic mass is 19.4. The number of rotatable bonds is 6. The van der Waals surface area contributed by atoms with Crippen LogP contribution in [0.1, 0.15) is 57.1 Å². The van der Waals surface area contributed by atoms with E-state index in [4.69, 9.17) is 9.47 Å². The first-order valence-electron chi connectivity index (χ1n) is 9.84. The third-order valence-electron chi connectivity index (χ3n) is 5.82. The molecule has 2 saturated heterocycles. The minimum Gasteiger partial charge on any atom is -0.377 e. The lowest BCUT2D eigenvalue weighted by atomic mass is 9.67. The number of hydrogen-bond donors (Lipinski definition) is 1. The minimum absolute atomic E-state index is 0.264. The molecule has 0 unspecified atom stereocenters. The average Bonchev–Trinajstić information content (AvgIpc) is 3.11. The van der Waals surface area contributed by atoms with Crippen molar-refractivity contribution in [1.82, 2.24) is 5.32 Å². The zero-order valence-corrected chi connectivity index (χ0v) is 16.2. The average molecular weight is 385 g/mol. The van der Waals surface area contributed by atoms with Crippen molar-refractivity contribution in [1.29, 1.82) is 0 Å². The van der Waals surface area contributed by atoms with Gasteiger partial charge in [-0.3, -0.25) is 0 Å². The van der Waals surface area contributed by atoms with Crippen molar-refractivity contribution in [3.8, 4) is 0 Å². The molecule has 2 fully saturated rings. The Bertz CT molecular complexity index is 626. The van der Waals surface area contributed by atoms with Gasteiger partial charge in [-0.2, -0.15) is 13.2 Å². The fourth-order valence-electron chi connectivity index (χ4n) is 4.50. The lowest BCUT2D eigenvalue weighted by Gasteiger charge is -2.46. The lowest BCUT2D eigenvalue weighted by molar-refractivity contribution is -0.137. The first-order valence-corrected chi connectivity index (χ1v) is 9.84. The molecule has 0 aromatic heterocycles. The second-order valence-electron chi connectivity index (χ2n) is 8.48. The molecule has 3 nitrogen and oxygen atoms in total. The summed E-state index contributed by atoms with van der Waals surface area (Å²) in [5.41, 5.74) is -0.461. The highest BCUT2D eigenvalue weighted by Gasteiger charge is 2.42. The Morgan fingerprint density at radius 2 is 2.04 bits per heavy atom. The molecule has 2 aliphatic rings. The number of hydrogen-bond acceptors (Lipinski definition) is 3. The van der Waals surface area contributed by atoms with Crippen LogP contribution in [-0.2, 0) is 21.1 Å². The SMILES string of the molecule is CC1(C)C[C@](CCNC[C@@H]2CCCO2)(c2cccc(C(F)(F)F)c2)CCO1. The summed E-state index contributed by atoms with van der Waals surface area (Å²) in [6.07, 6.45) is 0.352. The molecule has 2 aliphatic heterocycles. The molecule has 0 saturated carbocycles. The fourth-order valence-corrected chi connectivity index (χ4v) is 4.50. The lowest BCUT2D eigenvalue weighted by Crippen LogP contribution is -2.45. The minimum atomic E-state index is -4.32. The van der Waals surface area contributed by atoms with E-state index in [2.05, 4.69) is 5.32 Å². The summed E-state index contributed by atoms with van der Waals surface area (Å²) in [7, 11) is 0. The van der Waals surface area contributed by atoms with E-state index >= 15 is 0 Å². The van der Waals surface area contributed by atoms with Crippen molar-refractivity contribution in [2.45, 2.75) is 69.2 Å². The second kappa shape index (κ2) is 8.10. The Morgan fingerprint density at radius 1 is 1.22 bits per heavy atom. The standard InChI is InChI=1S/C21H30F3NO2/c1-19(2)15-20(9-12-27-19,8-10-25-14-18-7-4-11-26-18)16-5-3-6-17(13-16)21(22,23)24/h3,5-6,13,18,25H,4,7-12,14-15H2,1-2H3/t18-,20+/m0/s1. The predicted molar refractivity (Wildman–Crippen MR) is 98.8 cm³/mol. The van der Waals surface area contributed by atoms with Gasteiger partial charge in [-0.15, -0.1) is 0 Å². The van der Waals surface area contributed by atoms with E-state index < -0.39 is 11.7 Å². The van der Waals surface area contributed by atoms with E-state index in [0.29, 0.717) is 13.0 Å². The molecule has 6 heteroatoms. The Hall–Kier alpha value is -1.11. The molecule has 0 radical (unpaired) electrons. The molecular formula is C21H30F3NO2. The fraction of sp³-hybridized carbons (Fsp3) is 0.714. The number of nitrogens with one attached hydrogen (secondary N) is 1. The molecule has 0 spiro atoms. The van der Waals surface area contributed by atoms with Gasteiger partial charge < -0.3 is 14.8 Å². The van der Waals surface area contributed by atoms with Crippen molar-refractivity contribution in [2.24, 2.45) is 0 Å². The Morgan fingerprint density at radius 3 is 2.70 bits per heavy atom. The molecule has 0 aliphatic carbocycles. The second-order valence-corrected chi connectivity index (χ2v) is 8.48. The molecule has 0 amide bonds. The van der Waals surface area contributed by atoms with Crippen molar-refractivity contribution < 1.29 is 22.6 Å². The number of ether oxygens (including phenoxy) is 2. The third kappa shape index (κ3) is 5.24. The van der Waals surface area contributed by atoms with Gasteiger partial charge in [-0.1, -0.05) is 18.2 Å². The van der Waals surface area contributed by atoms with Crippen molar-refractivity contribution in [3.63, 3.8) is 0 Å². The van der Waals surface area contributed by atoms with Crippen LogP contribution in [0.3, 0.4) is 0 Å². The van der Waals surface area contributed by atoms with Gasteiger partial charge in [0.2, 0.25) is 0 Å². The molecule has 2 atom stereocenters. The van der Waals surface area contributed by atoms with Crippen LogP contribution >= 0.6 is 0 Å². The molecule has 0 bridgehead atoms. The summed E-state index contributed by atoms with van der Waals surface area (Å²) < 4.78 is 51.2. The predicted octanol–water partition coefficient (Wildman–Crippen LogP) is 4.69. The van der Waals surface area contributed by atoms with E-state index in [1.807, 2.05) is 19.9 Å². The Labute approximate surface area is 159 Å². The van der Waals surface area contributed by atoms with Crippen molar-refractivity contribution in [3.05, 3.63) is 35.4 Å². The van der Waals surface area contributed by atoms with Crippen LogP contribution in [0.5, 0.6) is 0 Å². The van der Waals surface area contributed by atoms with E-state index in [-0.39, 0.29) is 17.1 Å². The van der Waals surface area contributed by atoms with Gasteiger partial charge in [0.05, 0.1) is 17.3 Å². The summed E-state index contributed by atoms with van der Waals surface area (Å²) in [5, 5.41) is 3.45. The maximum Gasteiger partial charge on any atom is 0.416 e. The Balaban J connectivity index is 1.76. The van der Waals surface area contributed by atoms with E-state index in [9.17, 15) is 13.2 Å². The van der Waals surface area contributed by atoms with Gasteiger partial charge in [0.15, 0.2) is 0 Å². The maximum atomic E-state index is 13.2. The van der Waals surface area contributed by atoms with Crippen molar-refractivity contribution in [2.75, 3.05) is 26.3 Å². The van der Waals surface area contributed by atoms with E-state index in [0.717, 1.165) is 57.0 Å². The van der Waals surface area contributed by atoms with Gasteiger partial charge in [-0.05, 0) is 64.1 Å². The summed E-state index contributed by atoms with van der Waals surface area (Å²) in [6.45, 7) is 6.99. The van der Waals surface area contributed by atoms with Crippen molar-refractivity contribution >= 4 is 0 Å². The van der Waals surface area contributed by atoms with Gasteiger partial charge in [0, 0.05) is 25.2 Å². The van der Waals surface area contributed by atoms with Gasteiger partial charge in [0.1, 0.15) is 0 Å². The summed E-state index contributed by atoms with van der Waals surface area (Å²) in [6, 6.07) is 5.86. The topological polar surface area (TPSA) is 30.5 Å². The third-order valence-corrected chi connectivity index (χ3v) is 5.82. The Kier molecular flexibility index (Phi) is 6.18. The maximum absolute atomic E-state index is 13.2. The first-order chi connectivity index (χ1) is 12.7. The first kappa shape index (κ1) is 20.6. The van der Waals surface area contributed by atoms with Gasteiger partial charge in [-0.25, -0.2) is 0 Å². The van der Waals surface area contributed by atoms with Crippen LogP contribution in [-0.4, -0.2) is 38.0 Å². The van der Waals surface area contributed by atoms with Crippen LogP contribution < -0.4 is 5.32 Å². The molecular weight excluding hydrogens is 355 g/mol. The zero-order chi connectivity index (χ0) is 19.5. The smallest absolute Gasteiger partial charge is 0.377 e. The molecule has 1 aromatic carbocycles. The molecule has 152 valence electrons. The summed E-state index contributed by atoms with van der Waals surface area (Å²) in [5.74, 6) is 0. The van der Waals surface area contributed by atoms with Gasteiger partial charge in [0.25, 0.3) is 0 Å².